The lowest BCUT2D eigenvalue weighted by molar-refractivity contribution is 0.217. The molecule has 1 atom stereocenters. The van der Waals surface area contributed by atoms with Gasteiger partial charge in [0, 0.05) is 23.9 Å². The summed E-state index contributed by atoms with van der Waals surface area (Å²) in [7, 11) is 0. The van der Waals surface area contributed by atoms with Gasteiger partial charge in [0.25, 0.3) is 0 Å². The Bertz CT molecular complexity index is 556. The van der Waals surface area contributed by atoms with Crippen LogP contribution in [0, 0.1) is 5.82 Å². The molecule has 1 N–H and O–H groups in total. The van der Waals surface area contributed by atoms with Crippen LogP contribution in [0.25, 0.3) is 0 Å². The molecule has 2 rings (SSSR count). The third-order valence-corrected chi connectivity index (χ3v) is 3.19. The van der Waals surface area contributed by atoms with Crippen LogP contribution in [-0.2, 0) is 6.54 Å². The second-order valence-electron chi connectivity index (χ2n) is 4.81. The first kappa shape index (κ1) is 14.4. The summed E-state index contributed by atoms with van der Waals surface area (Å²) in [6.07, 6.45) is 1.16. The molecule has 0 saturated carbocycles. The van der Waals surface area contributed by atoms with Crippen molar-refractivity contribution in [2.24, 2.45) is 0 Å². The van der Waals surface area contributed by atoms with Crippen LogP contribution in [0.5, 0.6) is 5.75 Å². The zero-order valence-corrected chi connectivity index (χ0v) is 11.9. The van der Waals surface area contributed by atoms with Crippen molar-refractivity contribution in [2.75, 3.05) is 5.32 Å². The predicted molar refractivity (Wildman–Crippen MR) is 80.5 cm³/mol. The van der Waals surface area contributed by atoms with Gasteiger partial charge < -0.3 is 10.1 Å². The number of halogens is 1. The average molecular weight is 273 g/mol. The highest BCUT2D eigenvalue weighted by molar-refractivity contribution is 5.48. The Morgan fingerprint density at radius 1 is 1.15 bits per heavy atom. The average Bonchev–Trinajstić information content (AvgIpc) is 2.47. The molecule has 0 amide bonds. The molecule has 0 heterocycles. The van der Waals surface area contributed by atoms with E-state index in [1.54, 1.807) is 12.1 Å². The second kappa shape index (κ2) is 6.94. The lowest BCUT2D eigenvalue weighted by atomic mass is 10.2. The number of nitrogens with one attached hydrogen (secondary N) is 1. The fourth-order valence-electron chi connectivity index (χ4n) is 1.83. The van der Waals surface area contributed by atoms with Gasteiger partial charge in [-0.3, -0.25) is 0 Å². The van der Waals surface area contributed by atoms with Gasteiger partial charge in [0.1, 0.15) is 11.6 Å². The van der Waals surface area contributed by atoms with Crippen molar-refractivity contribution < 1.29 is 9.13 Å². The van der Waals surface area contributed by atoms with E-state index < -0.39 is 0 Å². The number of hydrogen-bond acceptors (Lipinski definition) is 2. The number of benzene rings is 2. The fraction of sp³-hybridized carbons (Fsp3) is 0.294. The van der Waals surface area contributed by atoms with Gasteiger partial charge in [-0.05, 0) is 31.5 Å². The van der Waals surface area contributed by atoms with Crippen LogP contribution < -0.4 is 10.1 Å². The minimum Gasteiger partial charge on any atom is -0.491 e. The Kier molecular flexibility index (Phi) is 4.99. The Labute approximate surface area is 119 Å². The van der Waals surface area contributed by atoms with E-state index in [1.807, 2.05) is 37.3 Å². The van der Waals surface area contributed by atoms with Crippen molar-refractivity contribution in [1.82, 2.24) is 0 Å². The number of ether oxygens (including phenoxy) is 1. The summed E-state index contributed by atoms with van der Waals surface area (Å²) in [5, 5.41) is 3.21. The molecular formula is C17H20FNO. The topological polar surface area (TPSA) is 21.3 Å². The summed E-state index contributed by atoms with van der Waals surface area (Å²) < 4.78 is 19.3. The minimum absolute atomic E-state index is 0.188. The zero-order valence-electron chi connectivity index (χ0n) is 11.9. The van der Waals surface area contributed by atoms with E-state index in [4.69, 9.17) is 4.74 Å². The maximum atomic E-state index is 13.5. The Morgan fingerprint density at radius 2 is 1.95 bits per heavy atom. The summed E-state index contributed by atoms with van der Waals surface area (Å²) in [5.74, 6) is 0.643. The van der Waals surface area contributed by atoms with Gasteiger partial charge in [0.05, 0.1) is 6.10 Å². The molecule has 2 aromatic rings. The lowest BCUT2D eigenvalue weighted by Crippen LogP contribution is -2.10. The smallest absolute Gasteiger partial charge is 0.128 e. The molecule has 0 aliphatic heterocycles. The maximum absolute atomic E-state index is 13.5. The van der Waals surface area contributed by atoms with Crippen molar-refractivity contribution in [2.45, 2.75) is 32.9 Å². The van der Waals surface area contributed by atoms with Crippen molar-refractivity contribution in [3.8, 4) is 5.75 Å². The third-order valence-electron chi connectivity index (χ3n) is 3.19. The fourth-order valence-corrected chi connectivity index (χ4v) is 1.83. The molecule has 2 nitrogen and oxygen atoms in total. The Morgan fingerprint density at radius 3 is 2.70 bits per heavy atom. The van der Waals surface area contributed by atoms with E-state index in [1.165, 1.54) is 6.07 Å². The molecule has 1 unspecified atom stereocenters. The quantitative estimate of drug-likeness (QED) is 0.829. The molecular weight excluding hydrogens is 253 g/mol. The maximum Gasteiger partial charge on any atom is 0.128 e. The summed E-state index contributed by atoms with van der Waals surface area (Å²) in [6.45, 7) is 4.59. The molecule has 0 radical (unpaired) electrons. The van der Waals surface area contributed by atoms with Crippen molar-refractivity contribution in [3.63, 3.8) is 0 Å². The molecule has 0 saturated heterocycles. The normalized spacial score (nSPS) is 11.9. The van der Waals surface area contributed by atoms with Crippen molar-refractivity contribution in [3.05, 3.63) is 59.9 Å². The predicted octanol–water partition coefficient (Wildman–Crippen LogP) is 4.62. The van der Waals surface area contributed by atoms with E-state index in [-0.39, 0.29) is 11.9 Å². The van der Waals surface area contributed by atoms with Gasteiger partial charge in [-0.2, -0.15) is 0 Å². The number of hydrogen-bond donors (Lipinski definition) is 1. The first-order chi connectivity index (χ1) is 9.69. The first-order valence-corrected chi connectivity index (χ1v) is 6.93. The van der Waals surface area contributed by atoms with E-state index >= 15 is 0 Å². The van der Waals surface area contributed by atoms with Crippen LogP contribution in [0.3, 0.4) is 0 Å². The standard InChI is InChI=1S/C17H20FNO/c1-3-13(2)20-16-9-6-8-15(11-16)19-12-14-7-4-5-10-17(14)18/h4-11,13,19H,3,12H2,1-2H3. The summed E-state index contributed by atoms with van der Waals surface area (Å²) >= 11 is 0. The largest absolute Gasteiger partial charge is 0.491 e. The van der Waals surface area contributed by atoms with E-state index in [2.05, 4.69) is 12.2 Å². The van der Waals surface area contributed by atoms with Crippen LogP contribution in [0.15, 0.2) is 48.5 Å². The highest BCUT2D eigenvalue weighted by Gasteiger charge is 2.03. The molecule has 0 fully saturated rings. The van der Waals surface area contributed by atoms with Gasteiger partial charge in [0.2, 0.25) is 0 Å². The summed E-state index contributed by atoms with van der Waals surface area (Å²) in [4.78, 5) is 0. The van der Waals surface area contributed by atoms with Crippen LogP contribution in [0.4, 0.5) is 10.1 Å². The molecule has 0 aliphatic carbocycles. The Hall–Kier alpha value is -2.03. The van der Waals surface area contributed by atoms with E-state index in [9.17, 15) is 4.39 Å². The van der Waals surface area contributed by atoms with Gasteiger partial charge >= 0.3 is 0 Å². The van der Waals surface area contributed by atoms with E-state index in [0.29, 0.717) is 12.1 Å². The highest BCUT2D eigenvalue weighted by Crippen LogP contribution is 2.20. The van der Waals surface area contributed by atoms with Crippen LogP contribution >= 0.6 is 0 Å². The van der Waals surface area contributed by atoms with Gasteiger partial charge in [-0.25, -0.2) is 4.39 Å². The number of anilines is 1. The second-order valence-corrected chi connectivity index (χ2v) is 4.81. The number of rotatable bonds is 6. The molecule has 3 heteroatoms. The third kappa shape index (κ3) is 3.98. The molecule has 20 heavy (non-hydrogen) atoms. The molecule has 0 bridgehead atoms. The monoisotopic (exact) mass is 273 g/mol. The van der Waals surface area contributed by atoms with Crippen molar-refractivity contribution >= 4 is 5.69 Å². The Balaban J connectivity index is 2.00. The van der Waals surface area contributed by atoms with Gasteiger partial charge in [-0.15, -0.1) is 0 Å². The van der Waals surface area contributed by atoms with Gasteiger partial charge in [0.15, 0.2) is 0 Å². The van der Waals surface area contributed by atoms with Crippen LogP contribution in [0.1, 0.15) is 25.8 Å². The SMILES string of the molecule is CCC(C)Oc1cccc(NCc2ccccc2F)c1. The minimum atomic E-state index is -0.188. The summed E-state index contributed by atoms with van der Waals surface area (Å²) in [5.41, 5.74) is 1.58. The molecule has 0 aliphatic rings. The molecule has 0 spiro atoms. The first-order valence-electron chi connectivity index (χ1n) is 6.93. The lowest BCUT2D eigenvalue weighted by Gasteiger charge is -2.14. The summed E-state index contributed by atoms with van der Waals surface area (Å²) in [6, 6.07) is 14.5. The van der Waals surface area contributed by atoms with Crippen molar-refractivity contribution in [1.29, 1.82) is 0 Å². The molecule has 106 valence electrons. The van der Waals surface area contributed by atoms with E-state index in [0.717, 1.165) is 17.9 Å². The molecule has 0 aromatic heterocycles. The van der Waals surface area contributed by atoms with Crippen LogP contribution in [-0.4, -0.2) is 6.10 Å². The van der Waals surface area contributed by atoms with Crippen LogP contribution in [0.2, 0.25) is 0 Å². The van der Waals surface area contributed by atoms with Gasteiger partial charge in [-0.1, -0.05) is 31.2 Å². The zero-order chi connectivity index (χ0) is 14.4. The molecule has 2 aromatic carbocycles. The highest BCUT2D eigenvalue weighted by atomic mass is 19.1.